The first-order valence-electron chi connectivity index (χ1n) is 3.62. The Morgan fingerprint density at radius 3 is 2.50 bits per heavy atom. The molecule has 0 spiro atoms. The molecule has 1 atom stereocenters. The fourth-order valence-electron chi connectivity index (χ4n) is 0.590. The minimum Gasteiger partial charge on any atom is -0.316 e. The normalized spacial score (nSPS) is 12.3. The summed E-state index contributed by atoms with van der Waals surface area (Å²) >= 11 is 4.18. The average Bonchev–Trinajstić information content (AvgIpc) is 1.89. The van der Waals surface area contributed by atoms with Crippen molar-refractivity contribution in [1.82, 2.24) is 5.32 Å². The van der Waals surface area contributed by atoms with Crippen LogP contribution < -0.4 is 5.32 Å². The van der Waals surface area contributed by atoms with Crippen molar-refractivity contribution >= 4 is 25.0 Å². The molecule has 0 bridgehead atoms. The van der Waals surface area contributed by atoms with Crippen LogP contribution in [-0.2, 0) is 0 Å². The molecule has 0 aliphatic rings. The van der Waals surface area contributed by atoms with Crippen LogP contribution in [0.4, 0.5) is 0 Å². The fourth-order valence-corrected chi connectivity index (χ4v) is 0.719. The topological polar surface area (TPSA) is 12.0 Å². The maximum absolute atomic E-state index is 4.18. The van der Waals surface area contributed by atoms with Crippen LogP contribution in [0.15, 0.2) is 0 Å². The minimum atomic E-state index is 0. The lowest BCUT2D eigenvalue weighted by Gasteiger charge is -2.07. The molecule has 1 N–H and O–H groups in total. The van der Waals surface area contributed by atoms with Gasteiger partial charge in [0.2, 0.25) is 0 Å². The molecular formula is C7H18ClNS. The van der Waals surface area contributed by atoms with Gasteiger partial charge in [0.1, 0.15) is 0 Å². The molecule has 64 valence electrons. The van der Waals surface area contributed by atoms with Gasteiger partial charge in [-0.25, -0.2) is 0 Å². The molecule has 0 aromatic rings. The van der Waals surface area contributed by atoms with Crippen molar-refractivity contribution < 1.29 is 0 Å². The summed E-state index contributed by atoms with van der Waals surface area (Å²) in [5.74, 6) is 1.69. The van der Waals surface area contributed by atoms with Gasteiger partial charge in [0, 0.05) is 0 Å². The van der Waals surface area contributed by atoms with E-state index in [-0.39, 0.29) is 12.4 Å². The number of hydrogen-bond acceptors (Lipinski definition) is 2. The summed E-state index contributed by atoms with van der Waals surface area (Å²) in [6, 6.07) is 0. The quantitative estimate of drug-likeness (QED) is 0.491. The second-order valence-corrected chi connectivity index (χ2v) is 2.86. The van der Waals surface area contributed by atoms with Gasteiger partial charge >= 0.3 is 0 Å². The van der Waals surface area contributed by atoms with E-state index in [9.17, 15) is 0 Å². The SMILES string of the molecule is CCCNCC(C)CS.Cl. The van der Waals surface area contributed by atoms with Crippen LogP contribution in [0.5, 0.6) is 0 Å². The average molecular weight is 184 g/mol. The largest absolute Gasteiger partial charge is 0.316 e. The Hall–Kier alpha value is 0.600. The lowest BCUT2D eigenvalue weighted by molar-refractivity contribution is 0.558. The third kappa shape index (κ3) is 8.60. The highest BCUT2D eigenvalue weighted by Gasteiger charge is 1.95. The van der Waals surface area contributed by atoms with Gasteiger partial charge < -0.3 is 5.32 Å². The first kappa shape index (κ1) is 13.2. The summed E-state index contributed by atoms with van der Waals surface area (Å²) in [5.41, 5.74) is 0. The van der Waals surface area contributed by atoms with E-state index in [0.29, 0.717) is 5.92 Å². The van der Waals surface area contributed by atoms with E-state index in [4.69, 9.17) is 0 Å². The van der Waals surface area contributed by atoms with E-state index in [1.807, 2.05) is 0 Å². The van der Waals surface area contributed by atoms with Gasteiger partial charge in [-0.05, 0) is 31.2 Å². The Morgan fingerprint density at radius 1 is 1.50 bits per heavy atom. The maximum atomic E-state index is 4.18. The molecule has 0 aromatic heterocycles. The lowest BCUT2D eigenvalue weighted by Crippen LogP contribution is -2.22. The number of hydrogen-bond donors (Lipinski definition) is 2. The third-order valence-corrected chi connectivity index (χ3v) is 1.85. The molecular weight excluding hydrogens is 166 g/mol. The second-order valence-electron chi connectivity index (χ2n) is 2.49. The van der Waals surface area contributed by atoms with Crippen molar-refractivity contribution in [2.75, 3.05) is 18.8 Å². The van der Waals surface area contributed by atoms with Gasteiger partial charge in [-0.3, -0.25) is 0 Å². The van der Waals surface area contributed by atoms with Crippen LogP contribution >= 0.6 is 25.0 Å². The number of rotatable bonds is 5. The highest BCUT2D eigenvalue weighted by atomic mass is 35.5. The lowest BCUT2D eigenvalue weighted by atomic mass is 10.2. The monoisotopic (exact) mass is 183 g/mol. The Balaban J connectivity index is 0. The van der Waals surface area contributed by atoms with E-state index >= 15 is 0 Å². The van der Waals surface area contributed by atoms with Gasteiger partial charge in [-0.2, -0.15) is 12.6 Å². The molecule has 0 aromatic carbocycles. The van der Waals surface area contributed by atoms with E-state index in [1.165, 1.54) is 6.42 Å². The Labute approximate surface area is 75.8 Å². The predicted octanol–water partition coefficient (Wildman–Crippen LogP) is 1.97. The van der Waals surface area contributed by atoms with Gasteiger partial charge in [-0.1, -0.05) is 13.8 Å². The molecule has 0 radical (unpaired) electrons. The van der Waals surface area contributed by atoms with Crippen LogP contribution in [0.1, 0.15) is 20.3 Å². The van der Waals surface area contributed by atoms with E-state index < -0.39 is 0 Å². The van der Waals surface area contributed by atoms with Crippen LogP contribution in [-0.4, -0.2) is 18.8 Å². The van der Waals surface area contributed by atoms with Crippen molar-refractivity contribution in [3.8, 4) is 0 Å². The zero-order valence-electron chi connectivity index (χ0n) is 6.76. The Morgan fingerprint density at radius 2 is 2.10 bits per heavy atom. The maximum Gasteiger partial charge on any atom is -0.00154 e. The summed E-state index contributed by atoms with van der Waals surface area (Å²) in [5, 5.41) is 3.34. The first-order valence-corrected chi connectivity index (χ1v) is 4.26. The minimum absolute atomic E-state index is 0. The molecule has 0 rings (SSSR count). The van der Waals surface area contributed by atoms with Crippen molar-refractivity contribution in [2.24, 2.45) is 5.92 Å². The Kier molecular flexibility index (Phi) is 12.7. The van der Waals surface area contributed by atoms with Gasteiger partial charge in [0.15, 0.2) is 0 Å². The van der Waals surface area contributed by atoms with E-state index in [1.54, 1.807) is 0 Å². The van der Waals surface area contributed by atoms with Crippen LogP contribution in [0.3, 0.4) is 0 Å². The van der Waals surface area contributed by atoms with Gasteiger partial charge in [-0.15, -0.1) is 12.4 Å². The van der Waals surface area contributed by atoms with Crippen LogP contribution in [0, 0.1) is 5.92 Å². The molecule has 0 heterocycles. The number of thiol groups is 1. The molecule has 0 saturated carbocycles. The highest BCUT2D eigenvalue weighted by Crippen LogP contribution is 1.93. The summed E-state index contributed by atoms with van der Waals surface area (Å²) < 4.78 is 0. The van der Waals surface area contributed by atoms with E-state index in [0.717, 1.165) is 18.8 Å². The molecule has 3 heteroatoms. The molecule has 0 aliphatic heterocycles. The van der Waals surface area contributed by atoms with Crippen molar-refractivity contribution in [3.63, 3.8) is 0 Å². The smallest absolute Gasteiger partial charge is 0.00154 e. The van der Waals surface area contributed by atoms with Crippen LogP contribution in [0.25, 0.3) is 0 Å². The number of halogens is 1. The molecule has 0 aliphatic carbocycles. The van der Waals surface area contributed by atoms with E-state index in [2.05, 4.69) is 31.8 Å². The summed E-state index contributed by atoms with van der Waals surface area (Å²) in [6.07, 6.45) is 1.22. The molecule has 1 unspecified atom stereocenters. The fraction of sp³-hybridized carbons (Fsp3) is 1.00. The third-order valence-electron chi connectivity index (χ3n) is 1.23. The molecule has 0 fully saturated rings. The molecule has 0 amide bonds. The second kappa shape index (κ2) is 9.60. The zero-order valence-corrected chi connectivity index (χ0v) is 8.47. The molecule has 10 heavy (non-hydrogen) atoms. The van der Waals surface area contributed by atoms with Gasteiger partial charge in [0.25, 0.3) is 0 Å². The van der Waals surface area contributed by atoms with Crippen molar-refractivity contribution in [1.29, 1.82) is 0 Å². The molecule has 0 saturated heterocycles. The van der Waals surface area contributed by atoms with Crippen molar-refractivity contribution in [3.05, 3.63) is 0 Å². The van der Waals surface area contributed by atoms with Crippen LogP contribution in [0.2, 0.25) is 0 Å². The molecule has 1 nitrogen and oxygen atoms in total. The highest BCUT2D eigenvalue weighted by molar-refractivity contribution is 7.80. The summed E-state index contributed by atoms with van der Waals surface area (Å²) in [7, 11) is 0. The zero-order chi connectivity index (χ0) is 7.11. The van der Waals surface area contributed by atoms with Gasteiger partial charge in [0.05, 0.1) is 0 Å². The standard InChI is InChI=1S/C7H17NS.ClH/c1-3-4-8-5-7(2)6-9;/h7-9H,3-6H2,1-2H3;1H. The Bertz CT molecular complexity index is 61.6. The predicted molar refractivity (Wildman–Crippen MR) is 53.4 cm³/mol. The van der Waals surface area contributed by atoms with Crippen molar-refractivity contribution in [2.45, 2.75) is 20.3 Å². The summed E-state index contributed by atoms with van der Waals surface area (Å²) in [4.78, 5) is 0. The first-order chi connectivity index (χ1) is 4.31. The summed E-state index contributed by atoms with van der Waals surface area (Å²) in [6.45, 7) is 6.63. The number of nitrogens with one attached hydrogen (secondary N) is 1.